The van der Waals surface area contributed by atoms with Gasteiger partial charge in [-0.2, -0.15) is 0 Å². The van der Waals surface area contributed by atoms with Gasteiger partial charge in [-0.05, 0) is 49.6 Å². The SMILES string of the molecule is O=C(Nc1ccc(Cl)cc1)ON=C1CCCCC1c1ccc([N+](=O)[O-])cc1[N+](=O)[O-]. The standard InChI is InChI=1S/C19H17ClN4O6/c20-12-5-7-13(8-6-12)21-19(25)30-22-17-4-2-1-3-15(17)16-10-9-14(23(26)27)11-18(16)24(28)29/h5-11,15H,1-4H2,(H,21,25). The second-order valence-electron chi connectivity index (χ2n) is 6.65. The summed E-state index contributed by atoms with van der Waals surface area (Å²) in [4.78, 5) is 38.1. The van der Waals surface area contributed by atoms with Crippen LogP contribution in [0.15, 0.2) is 47.6 Å². The van der Waals surface area contributed by atoms with Gasteiger partial charge in [-0.3, -0.25) is 30.4 Å². The zero-order valence-electron chi connectivity index (χ0n) is 15.6. The Morgan fingerprint density at radius 1 is 1.10 bits per heavy atom. The Kier molecular flexibility index (Phi) is 6.58. The number of oxime groups is 1. The van der Waals surface area contributed by atoms with E-state index in [0.717, 1.165) is 18.9 Å². The lowest BCUT2D eigenvalue weighted by Gasteiger charge is -2.23. The molecule has 0 heterocycles. The number of rotatable bonds is 5. The molecule has 10 nitrogen and oxygen atoms in total. The van der Waals surface area contributed by atoms with E-state index in [9.17, 15) is 25.0 Å². The van der Waals surface area contributed by atoms with Crippen molar-refractivity contribution in [2.45, 2.75) is 31.6 Å². The van der Waals surface area contributed by atoms with Crippen LogP contribution in [0.5, 0.6) is 0 Å². The number of carbonyl (C=O) groups is 1. The van der Waals surface area contributed by atoms with Crippen LogP contribution in [0.2, 0.25) is 5.02 Å². The Hall–Kier alpha value is -3.53. The maximum atomic E-state index is 12.0. The lowest BCUT2D eigenvalue weighted by molar-refractivity contribution is -0.394. The van der Waals surface area contributed by atoms with Crippen molar-refractivity contribution < 1.29 is 19.5 Å². The first kappa shape index (κ1) is 21.2. The van der Waals surface area contributed by atoms with E-state index in [1.165, 1.54) is 12.1 Å². The summed E-state index contributed by atoms with van der Waals surface area (Å²) in [5.74, 6) is -0.469. The number of nitrogens with one attached hydrogen (secondary N) is 1. The fourth-order valence-electron chi connectivity index (χ4n) is 3.31. The van der Waals surface area contributed by atoms with Crippen molar-refractivity contribution in [2.24, 2.45) is 5.16 Å². The molecule has 3 rings (SSSR count). The van der Waals surface area contributed by atoms with Crippen molar-refractivity contribution in [3.8, 4) is 0 Å². The van der Waals surface area contributed by atoms with Gasteiger partial charge in [-0.1, -0.05) is 23.2 Å². The van der Waals surface area contributed by atoms with E-state index in [0.29, 0.717) is 34.8 Å². The second-order valence-corrected chi connectivity index (χ2v) is 7.09. The normalized spacial score (nSPS) is 17.4. The third-order valence-corrected chi connectivity index (χ3v) is 4.96. The molecule has 0 aliphatic heterocycles. The van der Waals surface area contributed by atoms with Gasteiger partial charge in [0.25, 0.3) is 11.4 Å². The van der Waals surface area contributed by atoms with Crippen LogP contribution in [0, 0.1) is 20.2 Å². The quantitative estimate of drug-likeness (QED) is 0.380. The molecule has 1 saturated carbocycles. The van der Waals surface area contributed by atoms with Crippen molar-refractivity contribution in [1.29, 1.82) is 0 Å². The Morgan fingerprint density at radius 2 is 1.83 bits per heavy atom. The van der Waals surface area contributed by atoms with Crippen molar-refractivity contribution in [3.63, 3.8) is 0 Å². The molecule has 0 aromatic heterocycles. The lowest BCUT2D eigenvalue weighted by Crippen LogP contribution is -2.20. The summed E-state index contributed by atoms with van der Waals surface area (Å²) in [5.41, 5.74) is 0.541. The second kappa shape index (κ2) is 9.31. The van der Waals surface area contributed by atoms with E-state index in [2.05, 4.69) is 10.5 Å². The third kappa shape index (κ3) is 5.09. The molecule has 156 valence electrons. The molecular formula is C19H17ClN4O6. The van der Waals surface area contributed by atoms with Gasteiger partial charge < -0.3 is 0 Å². The number of halogens is 1. The molecule has 11 heteroatoms. The van der Waals surface area contributed by atoms with E-state index in [4.69, 9.17) is 16.4 Å². The highest BCUT2D eigenvalue weighted by molar-refractivity contribution is 6.30. The van der Waals surface area contributed by atoms with Crippen LogP contribution >= 0.6 is 11.6 Å². The van der Waals surface area contributed by atoms with Crippen LogP contribution in [0.3, 0.4) is 0 Å². The van der Waals surface area contributed by atoms with Crippen molar-refractivity contribution in [2.75, 3.05) is 5.32 Å². The number of hydrogen-bond acceptors (Lipinski definition) is 7. The number of amides is 1. The van der Waals surface area contributed by atoms with E-state index >= 15 is 0 Å². The summed E-state index contributed by atoms with van der Waals surface area (Å²) < 4.78 is 0. The van der Waals surface area contributed by atoms with Gasteiger partial charge in [0.05, 0.1) is 21.6 Å². The van der Waals surface area contributed by atoms with Gasteiger partial charge in [0.2, 0.25) is 0 Å². The molecule has 1 fully saturated rings. The number of benzene rings is 2. The Bertz CT molecular complexity index is 1010. The Labute approximate surface area is 175 Å². The molecule has 1 unspecified atom stereocenters. The molecular weight excluding hydrogens is 416 g/mol. The molecule has 1 N–H and O–H groups in total. The van der Waals surface area contributed by atoms with Crippen LogP contribution in [-0.4, -0.2) is 21.7 Å². The zero-order valence-corrected chi connectivity index (χ0v) is 16.4. The number of nitro benzene ring substituents is 2. The first-order valence-corrected chi connectivity index (χ1v) is 9.46. The van der Waals surface area contributed by atoms with Gasteiger partial charge in [0.15, 0.2) is 0 Å². The highest BCUT2D eigenvalue weighted by Crippen LogP contribution is 2.37. The maximum Gasteiger partial charge on any atom is 0.437 e. The molecule has 2 aromatic rings. The number of non-ortho nitro benzene ring substituents is 1. The number of hydrogen-bond donors (Lipinski definition) is 1. The molecule has 1 aliphatic rings. The molecule has 0 bridgehead atoms. The highest BCUT2D eigenvalue weighted by Gasteiger charge is 2.31. The van der Waals surface area contributed by atoms with Crippen LogP contribution < -0.4 is 5.32 Å². The Morgan fingerprint density at radius 3 is 2.50 bits per heavy atom. The summed E-state index contributed by atoms with van der Waals surface area (Å²) in [6.07, 6.45) is 1.83. The Balaban J connectivity index is 1.80. The van der Waals surface area contributed by atoms with Crippen LogP contribution in [-0.2, 0) is 4.84 Å². The van der Waals surface area contributed by atoms with Crippen molar-refractivity contribution in [1.82, 2.24) is 0 Å². The minimum absolute atomic E-state index is 0.311. The predicted octanol–water partition coefficient (Wildman–Crippen LogP) is 5.42. The number of nitrogens with zero attached hydrogens (tertiary/aromatic N) is 3. The van der Waals surface area contributed by atoms with Gasteiger partial charge in [0, 0.05) is 28.3 Å². The largest absolute Gasteiger partial charge is 0.437 e. The first-order chi connectivity index (χ1) is 14.3. The van der Waals surface area contributed by atoms with Crippen LogP contribution in [0.25, 0.3) is 0 Å². The van der Waals surface area contributed by atoms with Crippen LogP contribution in [0.4, 0.5) is 21.9 Å². The van der Waals surface area contributed by atoms with Gasteiger partial charge in [-0.25, -0.2) is 4.79 Å². The molecule has 1 aliphatic carbocycles. The molecule has 0 radical (unpaired) electrons. The van der Waals surface area contributed by atoms with E-state index in [-0.39, 0.29) is 11.4 Å². The van der Waals surface area contributed by atoms with Gasteiger partial charge in [-0.15, -0.1) is 0 Å². The average Bonchev–Trinajstić information content (AvgIpc) is 2.73. The molecule has 1 amide bonds. The molecule has 0 spiro atoms. The maximum absolute atomic E-state index is 12.0. The monoisotopic (exact) mass is 432 g/mol. The molecule has 30 heavy (non-hydrogen) atoms. The van der Waals surface area contributed by atoms with Crippen molar-refractivity contribution in [3.05, 3.63) is 73.3 Å². The number of carbonyl (C=O) groups excluding carboxylic acids is 1. The summed E-state index contributed by atoms with van der Waals surface area (Å²) in [6.45, 7) is 0. The molecule has 1 atom stereocenters. The summed E-state index contributed by atoms with van der Waals surface area (Å²) >= 11 is 5.80. The first-order valence-electron chi connectivity index (χ1n) is 9.08. The predicted molar refractivity (Wildman–Crippen MR) is 110 cm³/mol. The van der Waals surface area contributed by atoms with Crippen molar-refractivity contribution >= 4 is 40.5 Å². The highest BCUT2D eigenvalue weighted by atomic mass is 35.5. The minimum Gasteiger partial charge on any atom is -0.298 e. The number of anilines is 1. The lowest BCUT2D eigenvalue weighted by atomic mass is 9.81. The van der Waals surface area contributed by atoms with Gasteiger partial charge >= 0.3 is 6.09 Å². The molecule has 0 saturated heterocycles. The fraction of sp³-hybridized carbons (Fsp3) is 0.263. The van der Waals surface area contributed by atoms with Gasteiger partial charge in [0.1, 0.15) is 0 Å². The summed E-state index contributed by atoms with van der Waals surface area (Å²) in [6, 6.07) is 9.94. The average molecular weight is 433 g/mol. The van der Waals surface area contributed by atoms with E-state index in [1.54, 1.807) is 24.3 Å². The minimum atomic E-state index is -0.813. The smallest absolute Gasteiger partial charge is 0.298 e. The fourth-order valence-corrected chi connectivity index (χ4v) is 3.44. The third-order valence-electron chi connectivity index (χ3n) is 4.71. The number of nitro groups is 2. The van der Waals surface area contributed by atoms with Crippen LogP contribution in [0.1, 0.15) is 37.2 Å². The van der Waals surface area contributed by atoms with E-state index in [1.807, 2.05) is 0 Å². The van der Waals surface area contributed by atoms with E-state index < -0.39 is 21.9 Å². The zero-order chi connectivity index (χ0) is 21.7. The summed E-state index contributed by atoms with van der Waals surface area (Å²) in [7, 11) is 0. The summed E-state index contributed by atoms with van der Waals surface area (Å²) in [5, 5.41) is 29.4. The molecule has 2 aromatic carbocycles. The topological polar surface area (TPSA) is 137 Å².